The Bertz CT molecular complexity index is 889. The van der Waals surface area contributed by atoms with Gasteiger partial charge in [0.25, 0.3) is 0 Å². The molecule has 0 atom stereocenters. The van der Waals surface area contributed by atoms with Crippen LogP contribution in [-0.2, 0) is 13.0 Å². The molecule has 0 spiro atoms. The number of nitrogens with one attached hydrogen (secondary N) is 1. The molecule has 3 rings (SSSR count). The first-order valence-electron chi connectivity index (χ1n) is 8.29. The molecule has 2 aromatic heterocycles. The minimum atomic E-state index is -10.7. The third-order valence-electron chi connectivity index (χ3n) is 3.85. The molecule has 0 saturated carbocycles. The van der Waals surface area contributed by atoms with Crippen LogP contribution in [0.5, 0.6) is 0 Å². The summed E-state index contributed by atoms with van der Waals surface area (Å²) in [6, 6.07) is 15.0. The van der Waals surface area contributed by atoms with Crippen LogP contribution in [0.3, 0.4) is 0 Å². The van der Waals surface area contributed by atoms with Crippen molar-refractivity contribution < 1.29 is 29.7 Å². The molecule has 10 heteroatoms. The topological polar surface area (TPSA) is 32.6 Å². The molecule has 0 fully saturated rings. The zero-order valence-electron chi connectivity index (χ0n) is 15.2. The summed E-state index contributed by atoms with van der Waals surface area (Å²) in [7, 11) is -10.7. The van der Waals surface area contributed by atoms with E-state index in [2.05, 4.69) is 70.8 Å². The van der Waals surface area contributed by atoms with Crippen LogP contribution in [0.1, 0.15) is 17.1 Å². The van der Waals surface area contributed by atoms with Gasteiger partial charge in [-0.3, -0.25) is 0 Å². The van der Waals surface area contributed by atoms with Crippen LogP contribution in [0.4, 0.5) is 25.2 Å². The predicted octanol–water partition coefficient (Wildman–Crippen LogP) is 6.61. The number of benzene rings is 1. The molecule has 0 saturated heterocycles. The summed E-state index contributed by atoms with van der Waals surface area (Å²) in [5.41, 5.74) is 6.29. The zero-order valence-corrected chi connectivity index (χ0v) is 16.1. The van der Waals surface area contributed by atoms with Gasteiger partial charge in [0.2, 0.25) is 0 Å². The van der Waals surface area contributed by atoms with Crippen molar-refractivity contribution >= 4 is 7.81 Å². The number of aromatic amines is 1. The molecule has 2 heterocycles. The summed E-state index contributed by atoms with van der Waals surface area (Å²) in [5.74, 6) is 0. The molecule has 154 valence electrons. The van der Waals surface area contributed by atoms with Gasteiger partial charge in [0.1, 0.15) is 0 Å². The molecule has 1 aromatic carbocycles. The fourth-order valence-corrected chi connectivity index (χ4v) is 2.73. The predicted molar refractivity (Wildman–Crippen MR) is 97.4 cm³/mol. The second-order valence-corrected chi connectivity index (χ2v) is 8.25. The van der Waals surface area contributed by atoms with Crippen molar-refractivity contribution in [2.45, 2.75) is 26.8 Å². The van der Waals surface area contributed by atoms with Crippen molar-refractivity contribution in [3.63, 3.8) is 0 Å². The van der Waals surface area contributed by atoms with E-state index in [9.17, 15) is 25.2 Å². The van der Waals surface area contributed by atoms with Gasteiger partial charge in [0, 0.05) is 44.3 Å². The normalized spacial score (nSPS) is 13.9. The number of rotatable bonds is 4. The van der Waals surface area contributed by atoms with Crippen LogP contribution < -0.4 is 4.57 Å². The molecule has 0 aliphatic heterocycles. The average Bonchev–Trinajstić information content (AvgIpc) is 3.05. The molecular formula is C18H20F6N3P. The van der Waals surface area contributed by atoms with Crippen LogP contribution in [0, 0.1) is 13.8 Å². The first kappa shape index (κ1) is 21.9. The van der Waals surface area contributed by atoms with Gasteiger partial charge in [-0.05, 0) is 11.1 Å². The van der Waals surface area contributed by atoms with Gasteiger partial charge in [-0.15, -0.1) is 0 Å². The summed E-state index contributed by atoms with van der Waals surface area (Å²) in [6.45, 7) is 5.31. The van der Waals surface area contributed by atoms with E-state index in [1.807, 2.05) is 6.20 Å². The Kier molecular flexibility index (Phi) is 5.63. The molecule has 0 unspecified atom stereocenters. The second kappa shape index (κ2) is 7.20. The van der Waals surface area contributed by atoms with Crippen molar-refractivity contribution in [2.24, 2.45) is 0 Å². The molecule has 3 aromatic rings. The standard InChI is InChI=1S/C18H20N3.F6P/c1-14-10-17(16-6-4-3-5-7-16)11-15(2)21(14)9-8-18-12-19-13-20-18;1-7(2,3,4,5)6/h3-7,10-13H,8-9H2,1-2H3,(H,19,20);/q+1;-1. The molecule has 0 radical (unpaired) electrons. The number of pyridine rings is 1. The van der Waals surface area contributed by atoms with E-state index in [-0.39, 0.29) is 0 Å². The van der Waals surface area contributed by atoms with Gasteiger partial charge < -0.3 is 4.98 Å². The SMILES string of the molecule is Cc1cc(-c2ccccc2)cc(C)[n+]1CCc1cnc[nH]1.F[P-](F)(F)(F)(F)F. The Morgan fingerprint density at radius 1 is 0.893 bits per heavy atom. The molecule has 1 N–H and O–H groups in total. The molecular weight excluding hydrogens is 403 g/mol. The van der Waals surface area contributed by atoms with Crippen molar-refractivity contribution in [3.8, 4) is 11.1 Å². The van der Waals surface area contributed by atoms with Gasteiger partial charge in [-0.1, -0.05) is 30.3 Å². The summed E-state index contributed by atoms with van der Waals surface area (Å²) in [6.07, 6.45) is 4.60. The monoisotopic (exact) mass is 423 g/mol. The molecule has 0 aliphatic carbocycles. The summed E-state index contributed by atoms with van der Waals surface area (Å²) in [5, 5.41) is 0. The van der Waals surface area contributed by atoms with Crippen molar-refractivity contribution in [2.75, 3.05) is 0 Å². The van der Waals surface area contributed by atoms with Crippen LogP contribution in [0.15, 0.2) is 55.0 Å². The van der Waals surface area contributed by atoms with Crippen LogP contribution in [0.25, 0.3) is 11.1 Å². The first-order valence-corrected chi connectivity index (χ1v) is 10.3. The van der Waals surface area contributed by atoms with Crippen molar-refractivity contribution in [1.82, 2.24) is 9.97 Å². The Morgan fingerprint density at radius 3 is 1.89 bits per heavy atom. The Hall–Kier alpha value is -2.41. The van der Waals surface area contributed by atoms with Crippen LogP contribution in [0.2, 0.25) is 0 Å². The van der Waals surface area contributed by atoms with E-state index in [1.165, 1.54) is 28.2 Å². The molecule has 0 amide bonds. The summed E-state index contributed by atoms with van der Waals surface area (Å²) >= 11 is 0. The number of halogens is 6. The van der Waals surface area contributed by atoms with E-state index >= 15 is 0 Å². The fraction of sp³-hybridized carbons (Fsp3) is 0.222. The Labute approximate surface area is 158 Å². The minimum absolute atomic E-state index is 0.967. The van der Waals surface area contributed by atoms with E-state index in [0.717, 1.165) is 13.0 Å². The maximum atomic E-state index is 9.87. The van der Waals surface area contributed by atoms with Gasteiger partial charge >= 0.3 is 33.0 Å². The average molecular weight is 423 g/mol. The number of hydrogen-bond acceptors (Lipinski definition) is 1. The van der Waals surface area contributed by atoms with E-state index in [4.69, 9.17) is 0 Å². The van der Waals surface area contributed by atoms with E-state index < -0.39 is 7.81 Å². The Balaban J connectivity index is 0.000000345. The van der Waals surface area contributed by atoms with E-state index in [0.29, 0.717) is 0 Å². The second-order valence-electron chi connectivity index (χ2n) is 6.33. The molecule has 28 heavy (non-hydrogen) atoms. The van der Waals surface area contributed by atoms with Crippen molar-refractivity contribution in [3.05, 3.63) is 72.1 Å². The Morgan fingerprint density at radius 2 is 1.43 bits per heavy atom. The van der Waals surface area contributed by atoms with Crippen molar-refractivity contribution in [1.29, 1.82) is 0 Å². The summed E-state index contributed by atoms with van der Waals surface area (Å²) in [4.78, 5) is 7.23. The van der Waals surface area contributed by atoms with Gasteiger partial charge in [-0.2, -0.15) is 4.57 Å². The van der Waals surface area contributed by atoms with Gasteiger partial charge in [0.15, 0.2) is 17.9 Å². The molecule has 3 nitrogen and oxygen atoms in total. The number of aryl methyl sites for hydroxylation is 3. The third-order valence-corrected chi connectivity index (χ3v) is 3.85. The number of aromatic nitrogens is 3. The van der Waals surface area contributed by atoms with Crippen LogP contribution >= 0.6 is 7.81 Å². The fourth-order valence-electron chi connectivity index (χ4n) is 2.73. The molecule has 0 bridgehead atoms. The third kappa shape index (κ3) is 8.52. The number of hydrogen-bond donors (Lipinski definition) is 1. The van der Waals surface area contributed by atoms with Gasteiger partial charge in [0.05, 0.1) is 6.33 Å². The summed E-state index contributed by atoms with van der Waals surface area (Å²) < 4.78 is 61.5. The first-order chi connectivity index (χ1) is 12.7. The maximum absolute atomic E-state index is 10.7. The quantitative estimate of drug-likeness (QED) is 0.286. The number of H-pyrrole nitrogens is 1. The van der Waals surface area contributed by atoms with Gasteiger partial charge in [-0.25, -0.2) is 4.98 Å². The zero-order chi connectivity index (χ0) is 21.1. The number of imidazole rings is 1. The molecule has 0 aliphatic rings. The van der Waals surface area contributed by atoms with E-state index in [1.54, 1.807) is 6.33 Å². The number of nitrogens with zero attached hydrogens (tertiary/aromatic N) is 2. The van der Waals surface area contributed by atoms with Crippen LogP contribution in [-0.4, -0.2) is 9.97 Å².